The van der Waals surface area contributed by atoms with Crippen molar-refractivity contribution >= 4 is 27.3 Å². The first-order chi connectivity index (χ1) is 8.84. The van der Waals surface area contributed by atoms with E-state index in [4.69, 9.17) is 0 Å². The number of nitrogens with zero attached hydrogens (tertiary/aromatic N) is 2. The lowest BCUT2D eigenvalue weighted by Crippen LogP contribution is -1.90. The number of pyridine rings is 1. The van der Waals surface area contributed by atoms with Gasteiger partial charge in [0.2, 0.25) is 0 Å². The molecule has 0 atom stereocenters. The van der Waals surface area contributed by atoms with Crippen LogP contribution in [0.15, 0.2) is 54.9 Å². The summed E-state index contributed by atoms with van der Waals surface area (Å²) in [4.78, 5) is 4.49. The van der Waals surface area contributed by atoms with Crippen LogP contribution in [-0.4, -0.2) is 9.38 Å². The second-order valence-electron chi connectivity index (χ2n) is 4.69. The summed E-state index contributed by atoms with van der Waals surface area (Å²) in [6, 6.07) is 15.0. The van der Waals surface area contributed by atoms with Gasteiger partial charge in [-0.2, -0.15) is 0 Å². The minimum atomic E-state index is 1.03. The lowest BCUT2D eigenvalue weighted by atomic mass is 10.0. The van der Waals surface area contributed by atoms with Crippen LogP contribution in [0.25, 0.3) is 27.3 Å². The van der Waals surface area contributed by atoms with Gasteiger partial charge in [-0.3, -0.25) is 4.40 Å². The molecule has 0 bridgehead atoms. The van der Waals surface area contributed by atoms with E-state index in [-0.39, 0.29) is 0 Å². The van der Waals surface area contributed by atoms with Crippen LogP contribution in [0.5, 0.6) is 0 Å². The van der Waals surface area contributed by atoms with E-state index in [1.54, 1.807) is 0 Å². The van der Waals surface area contributed by atoms with E-state index < -0.39 is 0 Å². The zero-order valence-corrected chi connectivity index (χ0v) is 10.1. The first kappa shape index (κ1) is 9.66. The van der Waals surface area contributed by atoms with Crippen molar-refractivity contribution in [3.05, 3.63) is 60.4 Å². The molecule has 0 saturated carbocycles. The molecule has 4 aromatic rings. The van der Waals surface area contributed by atoms with E-state index in [9.17, 15) is 0 Å². The van der Waals surface area contributed by atoms with Crippen LogP contribution in [0.4, 0.5) is 0 Å². The van der Waals surface area contributed by atoms with Crippen molar-refractivity contribution in [2.75, 3.05) is 0 Å². The van der Waals surface area contributed by atoms with Gasteiger partial charge in [-0.1, -0.05) is 36.4 Å². The van der Waals surface area contributed by atoms with Gasteiger partial charge in [-0.25, -0.2) is 4.98 Å². The molecule has 0 radical (unpaired) electrons. The molecule has 0 saturated heterocycles. The predicted molar refractivity (Wildman–Crippen MR) is 74.9 cm³/mol. The molecular weight excluding hydrogens is 220 g/mol. The third kappa shape index (κ3) is 1.15. The Morgan fingerprint density at radius 3 is 2.67 bits per heavy atom. The van der Waals surface area contributed by atoms with Crippen molar-refractivity contribution in [1.29, 1.82) is 0 Å². The van der Waals surface area contributed by atoms with Gasteiger partial charge >= 0.3 is 0 Å². The average Bonchev–Trinajstić information content (AvgIpc) is 2.88. The highest BCUT2D eigenvalue weighted by molar-refractivity contribution is 6.11. The van der Waals surface area contributed by atoms with Crippen molar-refractivity contribution in [3.63, 3.8) is 0 Å². The van der Waals surface area contributed by atoms with Crippen LogP contribution < -0.4 is 0 Å². The molecule has 0 aliphatic rings. The van der Waals surface area contributed by atoms with Crippen molar-refractivity contribution in [2.45, 2.75) is 6.92 Å². The molecule has 2 aromatic heterocycles. The van der Waals surface area contributed by atoms with Crippen LogP contribution in [0.1, 0.15) is 5.56 Å². The number of aromatic nitrogens is 2. The first-order valence-electron chi connectivity index (χ1n) is 6.09. The fourth-order valence-electron chi connectivity index (χ4n) is 2.68. The molecule has 0 N–H and O–H groups in total. The number of fused-ring (bicyclic) bond motifs is 6. The Bertz CT molecular complexity index is 887. The number of rotatable bonds is 0. The molecule has 2 heteroatoms. The number of imidazole rings is 1. The van der Waals surface area contributed by atoms with Crippen molar-refractivity contribution < 1.29 is 0 Å². The molecule has 0 amide bonds. The van der Waals surface area contributed by atoms with Crippen molar-refractivity contribution in [3.8, 4) is 0 Å². The van der Waals surface area contributed by atoms with Crippen LogP contribution in [-0.2, 0) is 0 Å². The van der Waals surface area contributed by atoms with E-state index in [2.05, 4.69) is 58.8 Å². The molecule has 0 unspecified atom stereocenters. The summed E-state index contributed by atoms with van der Waals surface area (Å²) in [5, 5.41) is 3.76. The fourth-order valence-corrected chi connectivity index (χ4v) is 2.68. The predicted octanol–water partition coefficient (Wildman–Crippen LogP) is 3.95. The van der Waals surface area contributed by atoms with E-state index in [1.807, 2.05) is 12.4 Å². The number of hydrogen-bond acceptors (Lipinski definition) is 1. The smallest absolute Gasteiger partial charge is 0.145 e. The molecule has 18 heavy (non-hydrogen) atoms. The quantitative estimate of drug-likeness (QED) is 0.420. The Hall–Kier alpha value is -2.35. The number of hydrogen-bond donors (Lipinski definition) is 0. The maximum Gasteiger partial charge on any atom is 0.145 e. The third-order valence-corrected chi connectivity index (χ3v) is 3.51. The van der Waals surface area contributed by atoms with Crippen LogP contribution in [0, 0.1) is 6.92 Å². The van der Waals surface area contributed by atoms with Gasteiger partial charge in [-0.05, 0) is 23.9 Å². The Labute approximate surface area is 104 Å². The number of aryl methyl sites for hydroxylation is 1. The minimum absolute atomic E-state index is 1.03. The summed E-state index contributed by atoms with van der Waals surface area (Å²) in [6.07, 6.45) is 3.90. The van der Waals surface area contributed by atoms with E-state index >= 15 is 0 Å². The molecule has 0 fully saturated rings. The van der Waals surface area contributed by atoms with Crippen LogP contribution in [0.2, 0.25) is 0 Å². The molecule has 86 valence electrons. The third-order valence-electron chi connectivity index (χ3n) is 3.51. The Balaban J connectivity index is 2.44. The Kier molecular flexibility index (Phi) is 1.78. The molecule has 2 heterocycles. The molecular formula is C16H12N2. The summed E-state index contributed by atoms with van der Waals surface area (Å²) >= 11 is 0. The van der Waals surface area contributed by atoms with E-state index in [0.717, 1.165) is 5.65 Å². The second-order valence-corrected chi connectivity index (χ2v) is 4.69. The standard InChI is InChI=1S/C16H12N2/c1-11-6-7-13-12-4-2-3-5-14(12)16-17-8-9-18(16)15(13)10-11/h2-10H,1H3. The minimum Gasteiger partial charge on any atom is -0.299 e. The highest BCUT2D eigenvalue weighted by Gasteiger charge is 2.08. The Morgan fingerprint density at radius 1 is 0.944 bits per heavy atom. The zero-order valence-electron chi connectivity index (χ0n) is 10.1. The molecule has 4 rings (SSSR count). The topological polar surface area (TPSA) is 17.3 Å². The van der Waals surface area contributed by atoms with Crippen molar-refractivity contribution in [2.24, 2.45) is 0 Å². The van der Waals surface area contributed by atoms with Gasteiger partial charge in [0.1, 0.15) is 5.65 Å². The van der Waals surface area contributed by atoms with Crippen LogP contribution in [0.3, 0.4) is 0 Å². The van der Waals surface area contributed by atoms with Gasteiger partial charge < -0.3 is 0 Å². The Morgan fingerprint density at radius 2 is 1.78 bits per heavy atom. The summed E-state index contributed by atoms with van der Waals surface area (Å²) in [7, 11) is 0. The SMILES string of the molecule is Cc1ccc2c3ccccc3c3nccn3c2c1. The van der Waals surface area contributed by atoms with Gasteiger partial charge in [0.25, 0.3) is 0 Å². The van der Waals surface area contributed by atoms with Gasteiger partial charge in [-0.15, -0.1) is 0 Å². The largest absolute Gasteiger partial charge is 0.299 e. The van der Waals surface area contributed by atoms with Gasteiger partial charge in [0.15, 0.2) is 0 Å². The average molecular weight is 232 g/mol. The molecule has 0 aliphatic heterocycles. The lowest BCUT2D eigenvalue weighted by Gasteiger charge is -2.08. The lowest BCUT2D eigenvalue weighted by molar-refractivity contribution is 1.26. The normalized spacial score (nSPS) is 11.6. The molecule has 2 aromatic carbocycles. The summed E-state index contributed by atoms with van der Waals surface area (Å²) in [5.74, 6) is 0. The monoisotopic (exact) mass is 232 g/mol. The highest BCUT2D eigenvalue weighted by Crippen LogP contribution is 2.28. The molecule has 0 spiro atoms. The zero-order chi connectivity index (χ0) is 12.1. The van der Waals surface area contributed by atoms with Gasteiger partial charge in [0, 0.05) is 23.2 Å². The first-order valence-corrected chi connectivity index (χ1v) is 6.09. The molecule has 2 nitrogen and oxygen atoms in total. The van der Waals surface area contributed by atoms with Gasteiger partial charge in [0.05, 0.1) is 5.52 Å². The second kappa shape index (κ2) is 3.33. The summed E-state index contributed by atoms with van der Waals surface area (Å²) in [6.45, 7) is 2.12. The van der Waals surface area contributed by atoms with E-state index in [1.165, 1.54) is 27.2 Å². The van der Waals surface area contributed by atoms with E-state index in [0.29, 0.717) is 0 Å². The summed E-state index contributed by atoms with van der Waals surface area (Å²) in [5.41, 5.74) is 3.53. The maximum atomic E-state index is 4.49. The maximum absolute atomic E-state index is 4.49. The van der Waals surface area contributed by atoms with Crippen molar-refractivity contribution in [1.82, 2.24) is 9.38 Å². The van der Waals surface area contributed by atoms with Crippen LogP contribution >= 0.6 is 0 Å². The fraction of sp³-hybridized carbons (Fsp3) is 0.0625. The number of benzene rings is 2. The summed E-state index contributed by atoms with van der Waals surface area (Å²) < 4.78 is 2.17. The highest BCUT2D eigenvalue weighted by atomic mass is 15.0. The molecule has 0 aliphatic carbocycles.